The Labute approximate surface area is 83.9 Å². The highest BCUT2D eigenvalue weighted by atomic mass is 16.6. The molecule has 4 heteroatoms. The van der Waals surface area contributed by atoms with Crippen LogP contribution in [0, 0.1) is 0 Å². The van der Waals surface area contributed by atoms with Crippen LogP contribution >= 0.6 is 0 Å². The van der Waals surface area contributed by atoms with Gasteiger partial charge >= 0.3 is 6.09 Å². The maximum Gasteiger partial charge on any atom is 0.408 e. The number of rotatable bonds is 1. The average Bonchev–Trinajstić information content (AvgIpc) is 2.30. The van der Waals surface area contributed by atoms with Gasteiger partial charge in [-0.1, -0.05) is 12.2 Å². The van der Waals surface area contributed by atoms with Crippen molar-refractivity contribution in [2.75, 3.05) is 0 Å². The normalized spacial score (nSPS) is 26.3. The van der Waals surface area contributed by atoms with Crippen molar-refractivity contribution in [3.05, 3.63) is 12.2 Å². The van der Waals surface area contributed by atoms with Crippen molar-refractivity contribution >= 4 is 6.09 Å². The number of ether oxygens (including phenoxy) is 1. The van der Waals surface area contributed by atoms with Crippen LogP contribution < -0.4 is 5.32 Å². The molecule has 0 heterocycles. The molecule has 80 valence electrons. The monoisotopic (exact) mass is 199 g/mol. The quantitative estimate of drug-likeness (QED) is 0.624. The SMILES string of the molecule is CC(C)(C)OC(=O)N[C@H]1C=C[C@H](O)C1. The first-order valence-electron chi connectivity index (χ1n) is 4.73. The summed E-state index contributed by atoms with van der Waals surface area (Å²) in [4.78, 5) is 11.3. The molecule has 0 spiro atoms. The molecule has 0 radical (unpaired) electrons. The lowest BCUT2D eigenvalue weighted by atomic mass is 10.2. The van der Waals surface area contributed by atoms with Crippen molar-refractivity contribution in [1.29, 1.82) is 0 Å². The van der Waals surface area contributed by atoms with Gasteiger partial charge in [-0.2, -0.15) is 0 Å². The van der Waals surface area contributed by atoms with Crippen LogP contribution in [0.25, 0.3) is 0 Å². The van der Waals surface area contributed by atoms with Gasteiger partial charge in [0, 0.05) is 6.42 Å². The van der Waals surface area contributed by atoms with Crippen molar-refractivity contribution < 1.29 is 14.6 Å². The van der Waals surface area contributed by atoms with Gasteiger partial charge < -0.3 is 15.2 Å². The predicted octanol–water partition coefficient (Wildman–Crippen LogP) is 1.20. The molecule has 1 aliphatic rings. The van der Waals surface area contributed by atoms with Crippen molar-refractivity contribution in [2.24, 2.45) is 0 Å². The summed E-state index contributed by atoms with van der Waals surface area (Å²) >= 11 is 0. The Morgan fingerprint density at radius 2 is 2.14 bits per heavy atom. The van der Waals surface area contributed by atoms with E-state index in [1.54, 1.807) is 12.2 Å². The summed E-state index contributed by atoms with van der Waals surface area (Å²) in [6.45, 7) is 5.43. The first-order valence-corrected chi connectivity index (χ1v) is 4.73. The Bertz CT molecular complexity index is 242. The minimum atomic E-state index is -0.481. The molecule has 0 aliphatic heterocycles. The van der Waals surface area contributed by atoms with E-state index in [9.17, 15) is 4.79 Å². The molecule has 1 amide bonds. The fourth-order valence-electron chi connectivity index (χ4n) is 1.25. The Morgan fingerprint density at radius 3 is 2.57 bits per heavy atom. The van der Waals surface area contributed by atoms with Gasteiger partial charge in [-0.15, -0.1) is 0 Å². The highest BCUT2D eigenvalue weighted by Gasteiger charge is 2.21. The summed E-state index contributed by atoms with van der Waals surface area (Å²) in [6, 6.07) is -0.111. The largest absolute Gasteiger partial charge is 0.444 e. The van der Waals surface area contributed by atoms with Gasteiger partial charge in [-0.25, -0.2) is 4.79 Å². The fourth-order valence-corrected chi connectivity index (χ4v) is 1.25. The highest BCUT2D eigenvalue weighted by Crippen LogP contribution is 2.12. The third kappa shape index (κ3) is 3.79. The number of carbonyl (C=O) groups is 1. The first-order chi connectivity index (χ1) is 6.37. The highest BCUT2D eigenvalue weighted by molar-refractivity contribution is 5.68. The van der Waals surface area contributed by atoms with Crippen LogP contribution in [-0.2, 0) is 4.74 Å². The average molecular weight is 199 g/mol. The Hall–Kier alpha value is -1.03. The summed E-state index contributed by atoms with van der Waals surface area (Å²) < 4.78 is 5.07. The molecular weight excluding hydrogens is 182 g/mol. The molecule has 2 N–H and O–H groups in total. The molecule has 0 saturated carbocycles. The van der Waals surface area contributed by atoms with Gasteiger partial charge in [0.25, 0.3) is 0 Å². The molecule has 4 nitrogen and oxygen atoms in total. The van der Waals surface area contributed by atoms with Crippen LogP contribution in [0.5, 0.6) is 0 Å². The van der Waals surface area contributed by atoms with Gasteiger partial charge in [-0.3, -0.25) is 0 Å². The van der Waals surface area contributed by atoms with Gasteiger partial charge in [0.2, 0.25) is 0 Å². The summed E-state index contributed by atoms with van der Waals surface area (Å²) in [5.74, 6) is 0. The first kappa shape index (κ1) is 11.0. The zero-order valence-corrected chi connectivity index (χ0v) is 8.78. The van der Waals surface area contributed by atoms with Crippen LogP contribution in [0.3, 0.4) is 0 Å². The van der Waals surface area contributed by atoms with Crippen LogP contribution in [0.1, 0.15) is 27.2 Å². The molecular formula is C10H17NO3. The van der Waals surface area contributed by atoms with E-state index in [0.29, 0.717) is 6.42 Å². The Balaban J connectivity index is 2.32. The minimum absolute atomic E-state index is 0.111. The number of aliphatic hydroxyl groups excluding tert-OH is 1. The number of amides is 1. The number of alkyl carbamates (subject to hydrolysis) is 1. The zero-order valence-electron chi connectivity index (χ0n) is 8.78. The summed E-state index contributed by atoms with van der Waals surface area (Å²) in [7, 11) is 0. The molecule has 0 aromatic carbocycles. The van der Waals surface area contributed by atoms with E-state index in [-0.39, 0.29) is 6.04 Å². The van der Waals surface area contributed by atoms with Crippen LogP contribution in [-0.4, -0.2) is 28.9 Å². The Morgan fingerprint density at radius 1 is 1.50 bits per heavy atom. The molecule has 0 saturated heterocycles. The number of aliphatic hydroxyl groups is 1. The van der Waals surface area contributed by atoms with Gasteiger partial charge in [0.05, 0.1) is 12.1 Å². The number of carbonyl (C=O) groups excluding carboxylic acids is 1. The second-order valence-corrected chi connectivity index (χ2v) is 4.44. The lowest BCUT2D eigenvalue weighted by Crippen LogP contribution is -2.38. The zero-order chi connectivity index (χ0) is 10.8. The maximum absolute atomic E-state index is 11.3. The van der Waals surface area contributed by atoms with Crippen molar-refractivity contribution in [3.63, 3.8) is 0 Å². The van der Waals surface area contributed by atoms with E-state index in [2.05, 4.69) is 5.32 Å². The van der Waals surface area contributed by atoms with E-state index >= 15 is 0 Å². The number of nitrogens with one attached hydrogen (secondary N) is 1. The van der Waals surface area contributed by atoms with Crippen LogP contribution in [0.2, 0.25) is 0 Å². The topological polar surface area (TPSA) is 58.6 Å². The minimum Gasteiger partial charge on any atom is -0.444 e. The smallest absolute Gasteiger partial charge is 0.408 e. The summed E-state index contributed by atoms with van der Waals surface area (Å²) in [5.41, 5.74) is -0.481. The molecule has 0 fully saturated rings. The number of hydrogen-bond donors (Lipinski definition) is 2. The van der Waals surface area contributed by atoms with Crippen molar-refractivity contribution in [1.82, 2.24) is 5.32 Å². The third-order valence-electron chi connectivity index (χ3n) is 1.76. The van der Waals surface area contributed by atoms with Gasteiger partial charge in [0.1, 0.15) is 5.60 Å². The standard InChI is InChI=1S/C10H17NO3/c1-10(2,3)14-9(13)11-7-4-5-8(12)6-7/h4-5,7-8,12H,6H2,1-3H3,(H,11,13)/t7-,8-/m0/s1. The van der Waals surface area contributed by atoms with Crippen LogP contribution in [0.15, 0.2) is 12.2 Å². The van der Waals surface area contributed by atoms with Crippen LogP contribution in [0.4, 0.5) is 4.79 Å². The van der Waals surface area contributed by atoms with E-state index in [4.69, 9.17) is 9.84 Å². The van der Waals surface area contributed by atoms with Crippen molar-refractivity contribution in [3.8, 4) is 0 Å². The molecule has 14 heavy (non-hydrogen) atoms. The molecule has 0 unspecified atom stereocenters. The molecule has 2 atom stereocenters. The maximum atomic E-state index is 11.3. The van der Waals surface area contributed by atoms with E-state index in [0.717, 1.165) is 0 Å². The summed E-state index contributed by atoms with van der Waals surface area (Å²) in [5, 5.41) is 11.8. The van der Waals surface area contributed by atoms with E-state index < -0.39 is 17.8 Å². The lowest BCUT2D eigenvalue weighted by Gasteiger charge is -2.21. The van der Waals surface area contributed by atoms with E-state index in [1.807, 2.05) is 20.8 Å². The Kier molecular flexibility index (Phi) is 3.16. The lowest BCUT2D eigenvalue weighted by molar-refractivity contribution is 0.0509. The second-order valence-electron chi connectivity index (χ2n) is 4.44. The molecule has 0 aromatic rings. The third-order valence-corrected chi connectivity index (χ3v) is 1.76. The molecule has 0 aromatic heterocycles. The number of hydrogen-bond acceptors (Lipinski definition) is 3. The van der Waals surface area contributed by atoms with Gasteiger partial charge in [-0.05, 0) is 20.8 Å². The second kappa shape index (κ2) is 4.00. The van der Waals surface area contributed by atoms with Crippen molar-refractivity contribution in [2.45, 2.75) is 44.9 Å². The molecule has 1 rings (SSSR count). The fraction of sp³-hybridized carbons (Fsp3) is 0.700. The molecule has 0 bridgehead atoms. The summed E-state index contributed by atoms with van der Waals surface area (Å²) in [6.07, 6.45) is 3.08. The molecule has 1 aliphatic carbocycles. The predicted molar refractivity (Wildman–Crippen MR) is 52.9 cm³/mol. The van der Waals surface area contributed by atoms with Gasteiger partial charge in [0.15, 0.2) is 0 Å². The van der Waals surface area contributed by atoms with E-state index in [1.165, 1.54) is 0 Å².